The van der Waals surface area contributed by atoms with Gasteiger partial charge in [-0.05, 0) is 38.2 Å². The Morgan fingerprint density at radius 3 is 2.31 bits per heavy atom. The third-order valence-corrected chi connectivity index (χ3v) is 1.93. The van der Waals surface area contributed by atoms with Gasteiger partial charge < -0.3 is 0 Å². The minimum atomic E-state index is 1.02. The molecule has 0 amide bonds. The smallest absolute Gasteiger partial charge is 0.0241 e. The molecule has 1 rings (SSSR count). The van der Waals surface area contributed by atoms with E-state index in [0.29, 0.717) is 0 Å². The minimum absolute atomic E-state index is 1.02. The van der Waals surface area contributed by atoms with E-state index >= 15 is 0 Å². The van der Waals surface area contributed by atoms with Gasteiger partial charge in [-0.2, -0.15) is 0 Å². The zero-order valence-corrected chi connectivity index (χ0v) is 8.08. The first-order chi connectivity index (χ1) is 6.50. The highest BCUT2D eigenvalue weighted by atomic mass is 13.9. The van der Waals surface area contributed by atoms with Crippen LogP contribution in [0.25, 0.3) is 0 Å². The molecule has 0 saturated carbocycles. The summed E-state index contributed by atoms with van der Waals surface area (Å²) in [4.78, 5) is 0. The van der Waals surface area contributed by atoms with Crippen molar-refractivity contribution < 1.29 is 0 Å². The maximum Gasteiger partial charge on any atom is -0.0241 e. The lowest BCUT2D eigenvalue weighted by atomic mass is 10.2. The highest BCUT2D eigenvalue weighted by molar-refractivity contribution is 5.04. The molecule has 0 aromatic carbocycles. The standard InChI is InChI=1S/C13H17/c1-2-4-6-8-10-12-13-11-9-7-5-3-1/h1-4,11-13H,5-9H2/b3-1+,4-2-,12-10?,13-11-. The summed E-state index contributed by atoms with van der Waals surface area (Å²) in [5, 5.41) is 0. The summed E-state index contributed by atoms with van der Waals surface area (Å²) in [6, 6.07) is 0. The van der Waals surface area contributed by atoms with E-state index < -0.39 is 0 Å². The van der Waals surface area contributed by atoms with Gasteiger partial charge in [0.1, 0.15) is 0 Å². The van der Waals surface area contributed by atoms with Crippen LogP contribution in [0.3, 0.4) is 0 Å². The van der Waals surface area contributed by atoms with Crippen molar-refractivity contribution in [2.75, 3.05) is 0 Å². The Labute approximate surface area is 81.4 Å². The Bertz CT molecular complexity index is 192. The highest BCUT2D eigenvalue weighted by Gasteiger charge is 1.80. The van der Waals surface area contributed by atoms with Crippen LogP contribution in [0.4, 0.5) is 0 Å². The van der Waals surface area contributed by atoms with Gasteiger partial charge in [0.15, 0.2) is 0 Å². The van der Waals surface area contributed by atoms with Gasteiger partial charge >= 0.3 is 0 Å². The largest absolute Gasteiger partial charge is 0.0845 e. The summed E-state index contributed by atoms with van der Waals surface area (Å²) in [5.41, 5.74) is 0. The first-order valence-electron chi connectivity index (χ1n) is 5.03. The SMILES string of the molecule is [C]1=C/C=C\CCC/C=C/C=C\CC/1. The van der Waals surface area contributed by atoms with Crippen molar-refractivity contribution >= 4 is 0 Å². The number of rotatable bonds is 0. The second-order valence-corrected chi connectivity index (χ2v) is 3.12. The van der Waals surface area contributed by atoms with Gasteiger partial charge in [0, 0.05) is 0 Å². The monoisotopic (exact) mass is 173 g/mol. The lowest BCUT2D eigenvalue weighted by Crippen LogP contribution is -1.67. The Kier molecular flexibility index (Phi) is 5.87. The van der Waals surface area contributed by atoms with E-state index in [1.807, 2.05) is 6.08 Å². The van der Waals surface area contributed by atoms with E-state index in [9.17, 15) is 0 Å². The van der Waals surface area contributed by atoms with Crippen LogP contribution in [0.15, 0.2) is 42.5 Å². The van der Waals surface area contributed by atoms with Crippen molar-refractivity contribution in [1.82, 2.24) is 0 Å². The van der Waals surface area contributed by atoms with Crippen molar-refractivity contribution in [3.05, 3.63) is 48.6 Å². The molecule has 0 unspecified atom stereocenters. The molecule has 0 spiro atoms. The first kappa shape index (κ1) is 10.0. The lowest BCUT2D eigenvalue weighted by Gasteiger charge is -1.87. The van der Waals surface area contributed by atoms with Gasteiger partial charge in [-0.3, -0.25) is 0 Å². The van der Waals surface area contributed by atoms with Gasteiger partial charge in [0.25, 0.3) is 0 Å². The van der Waals surface area contributed by atoms with Crippen molar-refractivity contribution in [2.45, 2.75) is 32.1 Å². The summed E-state index contributed by atoms with van der Waals surface area (Å²) in [6.45, 7) is 0. The first-order valence-corrected chi connectivity index (χ1v) is 5.03. The number of hydrogen-bond acceptors (Lipinski definition) is 0. The normalized spacial score (nSPS) is 28.9. The quantitative estimate of drug-likeness (QED) is 0.520. The van der Waals surface area contributed by atoms with Crippen molar-refractivity contribution in [3.63, 3.8) is 0 Å². The van der Waals surface area contributed by atoms with Crippen LogP contribution in [0.1, 0.15) is 32.1 Å². The molecular weight excluding hydrogens is 156 g/mol. The predicted octanol–water partition coefficient (Wildman–Crippen LogP) is 3.98. The van der Waals surface area contributed by atoms with Crippen LogP contribution in [0.5, 0.6) is 0 Å². The van der Waals surface area contributed by atoms with E-state index in [0.717, 1.165) is 12.8 Å². The van der Waals surface area contributed by atoms with Crippen LogP contribution in [0, 0.1) is 6.08 Å². The van der Waals surface area contributed by atoms with E-state index in [1.165, 1.54) is 19.3 Å². The summed E-state index contributed by atoms with van der Waals surface area (Å²) in [5.74, 6) is 0. The highest BCUT2D eigenvalue weighted by Crippen LogP contribution is 2.00. The molecule has 0 N–H and O–H groups in total. The zero-order valence-electron chi connectivity index (χ0n) is 8.08. The number of allylic oxidation sites excluding steroid dienone is 8. The molecule has 0 fully saturated rings. The maximum atomic E-state index is 3.24. The Hall–Kier alpha value is -1.04. The summed E-state index contributed by atoms with van der Waals surface area (Å²) >= 11 is 0. The van der Waals surface area contributed by atoms with Crippen molar-refractivity contribution in [2.24, 2.45) is 0 Å². The van der Waals surface area contributed by atoms with Gasteiger partial charge in [-0.1, -0.05) is 42.5 Å². The molecule has 69 valence electrons. The molecule has 1 aliphatic carbocycles. The fourth-order valence-corrected chi connectivity index (χ4v) is 1.19. The number of hydrogen-bond donors (Lipinski definition) is 0. The molecule has 0 aromatic rings. The van der Waals surface area contributed by atoms with Gasteiger partial charge in [0.05, 0.1) is 0 Å². The molecule has 13 heavy (non-hydrogen) atoms. The van der Waals surface area contributed by atoms with E-state index in [2.05, 4.69) is 42.5 Å². The molecule has 0 aliphatic heterocycles. The molecule has 0 bridgehead atoms. The molecule has 0 heteroatoms. The summed E-state index contributed by atoms with van der Waals surface area (Å²) in [6.07, 6.45) is 24.0. The summed E-state index contributed by atoms with van der Waals surface area (Å²) in [7, 11) is 0. The fraction of sp³-hybridized carbons (Fsp3) is 0.385. The van der Waals surface area contributed by atoms with Gasteiger partial charge in [0.2, 0.25) is 0 Å². The van der Waals surface area contributed by atoms with Crippen LogP contribution >= 0.6 is 0 Å². The second kappa shape index (κ2) is 7.60. The summed E-state index contributed by atoms with van der Waals surface area (Å²) < 4.78 is 0. The molecule has 1 aliphatic rings. The Morgan fingerprint density at radius 1 is 0.769 bits per heavy atom. The molecule has 0 saturated heterocycles. The zero-order chi connectivity index (χ0) is 9.19. The van der Waals surface area contributed by atoms with E-state index in [4.69, 9.17) is 0 Å². The lowest BCUT2D eigenvalue weighted by molar-refractivity contribution is 0.868. The van der Waals surface area contributed by atoms with Crippen LogP contribution in [-0.4, -0.2) is 0 Å². The maximum absolute atomic E-state index is 3.24. The Morgan fingerprint density at radius 2 is 1.46 bits per heavy atom. The molecular formula is C13H17. The van der Waals surface area contributed by atoms with Crippen LogP contribution in [-0.2, 0) is 0 Å². The van der Waals surface area contributed by atoms with Gasteiger partial charge in [-0.25, -0.2) is 0 Å². The van der Waals surface area contributed by atoms with E-state index in [1.54, 1.807) is 0 Å². The molecule has 0 atom stereocenters. The Balaban J connectivity index is 2.38. The second-order valence-electron chi connectivity index (χ2n) is 3.12. The van der Waals surface area contributed by atoms with Crippen molar-refractivity contribution in [1.29, 1.82) is 0 Å². The van der Waals surface area contributed by atoms with Crippen LogP contribution in [0.2, 0.25) is 0 Å². The fourth-order valence-electron chi connectivity index (χ4n) is 1.19. The van der Waals surface area contributed by atoms with Crippen molar-refractivity contribution in [3.8, 4) is 0 Å². The third-order valence-electron chi connectivity index (χ3n) is 1.93. The predicted molar refractivity (Wildman–Crippen MR) is 58.3 cm³/mol. The minimum Gasteiger partial charge on any atom is -0.0845 e. The molecule has 0 nitrogen and oxygen atoms in total. The topological polar surface area (TPSA) is 0 Å². The average molecular weight is 173 g/mol. The molecule has 0 heterocycles. The average Bonchev–Trinajstić information content (AvgIpc) is 2.18. The van der Waals surface area contributed by atoms with Gasteiger partial charge in [-0.15, -0.1) is 0 Å². The third kappa shape index (κ3) is 6.15. The molecule has 1 radical (unpaired) electrons. The van der Waals surface area contributed by atoms with E-state index in [-0.39, 0.29) is 0 Å². The molecule has 0 aromatic heterocycles. The van der Waals surface area contributed by atoms with Crippen LogP contribution < -0.4 is 0 Å².